The summed E-state index contributed by atoms with van der Waals surface area (Å²) >= 11 is 0. The predicted molar refractivity (Wildman–Crippen MR) is 102 cm³/mol. The normalized spacial score (nSPS) is 22.4. The molecular formula is C22H26N2O2. The van der Waals surface area contributed by atoms with Gasteiger partial charge in [-0.3, -0.25) is 0 Å². The summed E-state index contributed by atoms with van der Waals surface area (Å²) in [6.07, 6.45) is 3.75. The van der Waals surface area contributed by atoms with Crippen molar-refractivity contribution < 1.29 is 9.47 Å². The molecule has 1 aliphatic carbocycles. The summed E-state index contributed by atoms with van der Waals surface area (Å²) in [6.45, 7) is 0.841. The van der Waals surface area contributed by atoms with E-state index in [9.17, 15) is 5.26 Å². The molecule has 3 rings (SSSR count). The molecule has 2 aromatic carbocycles. The maximum atomic E-state index is 9.88. The van der Waals surface area contributed by atoms with Crippen molar-refractivity contribution in [3.8, 4) is 17.6 Å². The van der Waals surface area contributed by atoms with Crippen molar-refractivity contribution in [2.75, 3.05) is 14.2 Å². The molecule has 0 heterocycles. The van der Waals surface area contributed by atoms with Gasteiger partial charge in [0.25, 0.3) is 0 Å². The Bertz CT molecular complexity index is 756. The smallest absolute Gasteiger partial charge is 0.119 e. The molecule has 0 bridgehead atoms. The van der Waals surface area contributed by atoms with Gasteiger partial charge in [0.2, 0.25) is 0 Å². The zero-order valence-electron chi connectivity index (χ0n) is 15.5. The number of benzene rings is 2. The van der Waals surface area contributed by atoms with E-state index in [1.54, 1.807) is 14.2 Å². The molecule has 0 aromatic heterocycles. The van der Waals surface area contributed by atoms with Crippen LogP contribution in [0, 0.1) is 11.3 Å². The minimum absolute atomic E-state index is 0.396. The topological polar surface area (TPSA) is 54.3 Å². The molecule has 0 aliphatic heterocycles. The number of hydrogen-bond acceptors (Lipinski definition) is 4. The molecule has 0 spiro atoms. The average molecular weight is 350 g/mol. The van der Waals surface area contributed by atoms with Crippen LogP contribution in [0.1, 0.15) is 36.8 Å². The van der Waals surface area contributed by atoms with Crippen LogP contribution in [0.4, 0.5) is 0 Å². The number of nitrogens with one attached hydrogen (secondary N) is 1. The average Bonchev–Trinajstić information content (AvgIpc) is 2.73. The van der Waals surface area contributed by atoms with E-state index in [0.717, 1.165) is 49.3 Å². The minimum atomic E-state index is -0.396. The standard InChI is InChI=1S/C22H26N2O2/c1-25-20-8-6-17(7-9-20)15-24-19-10-12-22(16-23,13-11-19)18-4-3-5-21(14-18)26-2/h3-9,14,19,24H,10-13,15H2,1-2H3/t19-,22-. The molecule has 0 unspecified atom stereocenters. The first-order valence-electron chi connectivity index (χ1n) is 9.11. The molecule has 26 heavy (non-hydrogen) atoms. The molecular weight excluding hydrogens is 324 g/mol. The number of ether oxygens (including phenoxy) is 2. The van der Waals surface area contributed by atoms with Gasteiger partial charge >= 0.3 is 0 Å². The van der Waals surface area contributed by atoms with Crippen LogP contribution in [0.15, 0.2) is 48.5 Å². The fraction of sp³-hybridized carbons (Fsp3) is 0.409. The van der Waals surface area contributed by atoms with Gasteiger partial charge in [-0.05, 0) is 61.1 Å². The van der Waals surface area contributed by atoms with Crippen molar-refractivity contribution in [1.82, 2.24) is 5.32 Å². The van der Waals surface area contributed by atoms with E-state index in [-0.39, 0.29) is 0 Å². The van der Waals surface area contributed by atoms with Crippen LogP contribution in [0.25, 0.3) is 0 Å². The quantitative estimate of drug-likeness (QED) is 0.848. The van der Waals surface area contributed by atoms with Crippen LogP contribution in [-0.2, 0) is 12.0 Å². The first kappa shape index (κ1) is 18.3. The van der Waals surface area contributed by atoms with E-state index in [2.05, 4.69) is 29.6 Å². The summed E-state index contributed by atoms with van der Waals surface area (Å²) < 4.78 is 10.5. The van der Waals surface area contributed by atoms with E-state index in [4.69, 9.17) is 9.47 Å². The molecule has 0 saturated heterocycles. The van der Waals surface area contributed by atoms with Gasteiger partial charge in [0.1, 0.15) is 11.5 Å². The second-order valence-electron chi connectivity index (χ2n) is 6.93. The van der Waals surface area contributed by atoms with Gasteiger partial charge in [-0.2, -0.15) is 5.26 Å². The Balaban J connectivity index is 1.59. The lowest BCUT2D eigenvalue weighted by atomic mass is 9.69. The fourth-order valence-corrected chi connectivity index (χ4v) is 3.71. The first-order chi connectivity index (χ1) is 12.7. The molecule has 0 atom stereocenters. The second-order valence-corrected chi connectivity index (χ2v) is 6.93. The summed E-state index contributed by atoms with van der Waals surface area (Å²) in [7, 11) is 3.34. The summed E-state index contributed by atoms with van der Waals surface area (Å²) in [5.41, 5.74) is 1.93. The lowest BCUT2D eigenvalue weighted by molar-refractivity contribution is 0.294. The van der Waals surface area contributed by atoms with Crippen LogP contribution in [0.5, 0.6) is 11.5 Å². The largest absolute Gasteiger partial charge is 0.497 e. The van der Waals surface area contributed by atoms with Gasteiger partial charge < -0.3 is 14.8 Å². The Morgan fingerprint density at radius 2 is 1.73 bits per heavy atom. The number of nitriles is 1. The number of methoxy groups -OCH3 is 2. The third-order valence-electron chi connectivity index (χ3n) is 5.43. The molecule has 1 saturated carbocycles. The van der Waals surface area contributed by atoms with E-state index in [1.807, 2.05) is 30.3 Å². The Labute approximate surface area is 155 Å². The number of rotatable bonds is 6. The lowest BCUT2D eigenvalue weighted by Gasteiger charge is -2.36. The number of nitrogens with zero attached hydrogens (tertiary/aromatic N) is 1. The van der Waals surface area contributed by atoms with Crippen molar-refractivity contribution in [2.45, 2.75) is 43.7 Å². The van der Waals surface area contributed by atoms with Gasteiger partial charge in [0, 0.05) is 12.6 Å². The van der Waals surface area contributed by atoms with Gasteiger partial charge in [-0.1, -0.05) is 24.3 Å². The highest BCUT2D eigenvalue weighted by Gasteiger charge is 2.37. The van der Waals surface area contributed by atoms with E-state index < -0.39 is 5.41 Å². The monoisotopic (exact) mass is 350 g/mol. The Morgan fingerprint density at radius 1 is 1.04 bits per heavy atom. The second kappa shape index (κ2) is 8.25. The van der Waals surface area contributed by atoms with Crippen LogP contribution >= 0.6 is 0 Å². The highest BCUT2D eigenvalue weighted by Crippen LogP contribution is 2.40. The molecule has 136 valence electrons. The van der Waals surface area contributed by atoms with Crippen molar-refractivity contribution in [3.63, 3.8) is 0 Å². The van der Waals surface area contributed by atoms with Crippen molar-refractivity contribution >= 4 is 0 Å². The fourth-order valence-electron chi connectivity index (χ4n) is 3.71. The van der Waals surface area contributed by atoms with E-state index in [1.165, 1.54) is 5.56 Å². The zero-order valence-corrected chi connectivity index (χ0v) is 15.5. The Morgan fingerprint density at radius 3 is 2.35 bits per heavy atom. The third-order valence-corrected chi connectivity index (χ3v) is 5.43. The van der Waals surface area contributed by atoms with E-state index in [0.29, 0.717) is 6.04 Å². The van der Waals surface area contributed by atoms with Crippen LogP contribution in [-0.4, -0.2) is 20.3 Å². The molecule has 0 radical (unpaired) electrons. The van der Waals surface area contributed by atoms with Crippen LogP contribution in [0.3, 0.4) is 0 Å². The molecule has 1 N–H and O–H groups in total. The predicted octanol–water partition coefficient (Wildman–Crippen LogP) is 4.20. The van der Waals surface area contributed by atoms with Gasteiger partial charge in [-0.15, -0.1) is 0 Å². The highest BCUT2D eigenvalue weighted by molar-refractivity contribution is 5.38. The first-order valence-corrected chi connectivity index (χ1v) is 9.11. The maximum Gasteiger partial charge on any atom is 0.119 e. The zero-order chi connectivity index (χ0) is 18.4. The van der Waals surface area contributed by atoms with Gasteiger partial charge in [-0.25, -0.2) is 0 Å². The summed E-state index contributed by atoms with van der Waals surface area (Å²) in [5, 5.41) is 13.5. The summed E-state index contributed by atoms with van der Waals surface area (Å²) in [6, 6.07) is 19.2. The maximum absolute atomic E-state index is 9.88. The van der Waals surface area contributed by atoms with E-state index >= 15 is 0 Å². The molecule has 2 aromatic rings. The number of hydrogen-bond donors (Lipinski definition) is 1. The Hall–Kier alpha value is -2.51. The molecule has 4 nitrogen and oxygen atoms in total. The van der Waals surface area contributed by atoms with Crippen molar-refractivity contribution in [1.29, 1.82) is 5.26 Å². The summed E-state index contributed by atoms with van der Waals surface area (Å²) in [5.74, 6) is 1.69. The minimum Gasteiger partial charge on any atom is -0.497 e. The van der Waals surface area contributed by atoms with Crippen molar-refractivity contribution in [3.05, 3.63) is 59.7 Å². The SMILES string of the molecule is COc1ccc(CN[C@H]2CC[C@](C#N)(c3cccc(OC)c3)CC2)cc1. The van der Waals surface area contributed by atoms with Gasteiger partial charge in [0.15, 0.2) is 0 Å². The van der Waals surface area contributed by atoms with Gasteiger partial charge in [0.05, 0.1) is 25.7 Å². The third kappa shape index (κ3) is 4.00. The van der Waals surface area contributed by atoms with Crippen molar-refractivity contribution in [2.24, 2.45) is 0 Å². The highest BCUT2D eigenvalue weighted by atomic mass is 16.5. The molecule has 0 amide bonds. The van der Waals surface area contributed by atoms with Crippen LogP contribution < -0.4 is 14.8 Å². The molecule has 1 aliphatic rings. The van der Waals surface area contributed by atoms with Crippen LogP contribution in [0.2, 0.25) is 0 Å². The Kier molecular flexibility index (Phi) is 5.80. The molecule has 4 heteroatoms. The lowest BCUT2D eigenvalue weighted by Crippen LogP contribution is -2.38. The molecule has 1 fully saturated rings. The summed E-state index contributed by atoms with van der Waals surface area (Å²) in [4.78, 5) is 0.